The maximum Gasteiger partial charge on any atom is 0.0710 e. The lowest BCUT2D eigenvalue weighted by molar-refractivity contribution is 0.667. The van der Waals surface area contributed by atoms with E-state index in [-0.39, 0.29) is 0 Å². The SMILES string of the molecule is CCCCCCc1ccc2c(-c3ccccc3)ccnc2c1. The second-order valence-electron chi connectivity index (χ2n) is 5.89. The molecule has 0 saturated heterocycles. The third-order valence-electron chi connectivity index (χ3n) is 4.21. The predicted octanol–water partition coefficient (Wildman–Crippen LogP) is 6.02. The molecule has 0 bridgehead atoms. The van der Waals surface area contributed by atoms with Gasteiger partial charge in [-0.3, -0.25) is 4.98 Å². The number of hydrogen-bond donors (Lipinski definition) is 0. The molecular formula is C21H23N. The molecule has 1 aromatic heterocycles. The van der Waals surface area contributed by atoms with Gasteiger partial charge in [0.2, 0.25) is 0 Å². The number of pyridine rings is 1. The minimum Gasteiger partial charge on any atom is -0.256 e. The van der Waals surface area contributed by atoms with E-state index in [1.165, 1.54) is 47.8 Å². The van der Waals surface area contributed by atoms with E-state index in [4.69, 9.17) is 0 Å². The van der Waals surface area contributed by atoms with Crippen LogP contribution in [0.3, 0.4) is 0 Å². The van der Waals surface area contributed by atoms with Crippen LogP contribution in [-0.4, -0.2) is 4.98 Å². The zero-order chi connectivity index (χ0) is 15.2. The first-order valence-corrected chi connectivity index (χ1v) is 8.31. The summed E-state index contributed by atoms with van der Waals surface area (Å²) in [4.78, 5) is 4.57. The maximum atomic E-state index is 4.57. The lowest BCUT2D eigenvalue weighted by Crippen LogP contribution is -1.89. The average Bonchev–Trinajstić information content (AvgIpc) is 2.59. The van der Waals surface area contributed by atoms with Gasteiger partial charge in [0.05, 0.1) is 5.52 Å². The third-order valence-corrected chi connectivity index (χ3v) is 4.21. The molecule has 112 valence electrons. The van der Waals surface area contributed by atoms with Gasteiger partial charge in [-0.2, -0.15) is 0 Å². The van der Waals surface area contributed by atoms with Gasteiger partial charge >= 0.3 is 0 Å². The molecule has 0 aliphatic rings. The van der Waals surface area contributed by atoms with Crippen LogP contribution in [0.4, 0.5) is 0 Å². The van der Waals surface area contributed by atoms with Gasteiger partial charge in [0, 0.05) is 11.6 Å². The van der Waals surface area contributed by atoms with Crippen molar-refractivity contribution in [1.82, 2.24) is 4.98 Å². The second-order valence-corrected chi connectivity index (χ2v) is 5.89. The molecule has 1 heteroatoms. The molecule has 0 atom stereocenters. The predicted molar refractivity (Wildman–Crippen MR) is 95.0 cm³/mol. The Bertz CT molecular complexity index is 731. The summed E-state index contributed by atoms with van der Waals surface area (Å²) in [6.07, 6.45) is 8.31. The summed E-state index contributed by atoms with van der Waals surface area (Å²) in [5.74, 6) is 0. The van der Waals surface area contributed by atoms with Crippen molar-refractivity contribution in [3.05, 3.63) is 66.4 Å². The van der Waals surface area contributed by atoms with Crippen molar-refractivity contribution in [1.29, 1.82) is 0 Å². The van der Waals surface area contributed by atoms with Gasteiger partial charge in [-0.25, -0.2) is 0 Å². The molecule has 0 spiro atoms. The number of rotatable bonds is 6. The van der Waals surface area contributed by atoms with E-state index in [0.29, 0.717) is 0 Å². The van der Waals surface area contributed by atoms with E-state index >= 15 is 0 Å². The van der Waals surface area contributed by atoms with Crippen LogP contribution in [0.15, 0.2) is 60.8 Å². The molecule has 0 amide bonds. The molecule has 1 heterocycles. The standard InChI is InChI=1S/C21H23N/c1-2-3-4-6-9-17-12-13-20-19(14-15-22-21(20)16-17)18-10-7-5-8-11-18/h5,7-8,10-16H,2-4,6,9H2,1H3. The molecule has 22 heavy (non-hydrogen) atoms. The Balaban J connectivity index is 1.88. The number of fused-ring (bicyclic) bond motifs is 1. The topological polar surface area (TPSA) is 12.9 Å². The number of aryl methyl sites for hydroxylation is 1. The van der Waals surface area contributed by atoms with Crippen LogP contribution in [0.5, 0.6) is 0 Å². The van der Waals surface area contributed by atoms with Gasteiger partial charge in [-0.1, -0.05) is 68.7 Å². The van der Waals surface area contributed by atoms with Crippen molar-refractivity contribution in [2.24, 2.45) is 0 Å². The molecule has 0 aliphatic heterocycles. The molecule has 3 rings (SSSR count). The maximum absolute atomic E-state index is 4.57. The van der Waals surface area contributed by atoms with Crippen molar-refractivity contribution >= 4 is 10.9 Å². The first-order valence-electron chi connectivity index (χ1n) is 8.31. The summed E-state index contributed by atoms with van der Waals surface area (Å²) < 4.78 is 0. The quantitative estimate of drug-likeness (QED) is 0.505. The Labute approximate surface area is 133 Å². The lowest BCUT2D eigenvalue weighted by Gasteiger charge is -2.08. The average molecular weight is 289 g/mol. The highest BCUT2D eigenvalue weighted by molar-refractivity contribution is 5.94. The summed E-state index contributed by atoms with van der Waals surface area (Å²) in [6.45, 7) is 2.26. The number of aromatic nitrogens is 1. The number of hydrogen-bond acceptors (Lipinski definition) is 1. The van der Waals surface area contributed by atoms with Crippen LogP contribution in [0.25, 0.3) is 22.0 Å². The molecule has 0 radical (unpaired) electrons. The number of nitrogens with zero attached hydrogens (tertiary/aromatic N) is 1. The zero-order valence-corrected chi connectivity index (χ0v) is 13.3. The van der Waals surface area contributed by atoms with Crippen LogP contribution >= 0.6 is 0 Å². The van der Waals surface area contributed by atoms with Crippen molar-refractivity contribution in [3.8, 4) is 11.1 Å². The highest BCUT2D eigenvalue weighted by Gasteiger charge is 2.05. The van der Waals surface area contributed by atoms with Crippen LogP contribution < -0.4 is 0 Å². The molecule has 0 fully saturated rings. The number of unbranched alkanes of at least 4 members (excludes halogenated alkanes) is 3. The van der Waals surface area contributed by atoms with Crippen molar-refractivity contribution < 1.29 is 0 Å². The van der Waals surface area contributed by atoms with E-state index in [0.717, 1.165) is 11.9 Å². The van der Waals surface area contributed by atoms with Crippen molar-refractivity contribution in [3.63, 3.8) is 0 Å². The van der Waals surface area contributed by atoms with Gasteiger partial charge in [0.15, 0.2) is 0 Å². The van der Waals surface area contributed by atoms with Crippen molar-refractivity contribution in [2.45, 2.75) is 39.0 Å². The molecule has 1 nitrogen and oxygen atoms in total. The highest BCUT2D eigenvalue weighted by Crippen LogP contribution is 2.28. The molecule has 2 aromatic carbocycles. The first kappa shape index (κ1) is 14.8. The van der Waals surface area contributed by atoms with Crippen LogP contribution in [0, 0.1) is 0 Å². The van der Waals surface area contributed by atoms with E-state index in [9.17, 15) is 0 Å². The monoisotopic (exact) mass is 289 g/mol. The summed E-state index contributed by atoms with van der Waals surface area (Å²) in [7, 11) is 0. The smallest absolute Gasteiger partial charge is 0.0710 e. The Kier molecular flexibility index (Phi) is 4.85. The van der Waals surface area contributed by atoms with Gasteiger partial charge < -0.3 is 0 Å². The Morgan fingerprint density at radius 2 is 1.73 bits per heavy atom. The second kappa shape index (κ2) is 7.22. The fraction of sp³-hybridized carbons (Fsp3) is 0.286. The molecular weight excluding hydrogens is 266 g/mol. The van der Waals surface area contributed by atoms with Gasteiger partial charge in [0.25, 0.3) is 0 Å². The third kappa shape index (κ3) is 3.36. The molecule has 0 saturated carbocycles. The van der Waals surface area contributed by atoms with Gasteiger partial charge in [-0.05, 0) is 41.7 Å². The van der Waals surface area contributed by atoms with E-state index in [2.05, 4.69) is 66.5 Å². The minimum absolute atomic E-state index is 1.11. The van der Waals surface area contributed by atoms with E-state index in [1.807, 2.05) is 6.20 Å². The fourth-order valence-corrected chi connectivity index (χ4v) is 2.97. The van der Waals surface area contributed by atoms with Gasteiger partial charge in [-0.15, -0.1) is 0 Å². The van der Waals surface area contributed by atoms with Crippen LogP contribution in [-0.2, 0) is 6.42 Å². The largest absolute Gasteiger partial charge is 0.256 e. The van der Waals surface area contributed by atoms with E-state index < -0.39 is 0 Å². The highest BCUT2D eigenvalue weighted by atomic mass is 14.6. The molecule has 3 aromatic rings. The van der Waals surface area contributed by atoms with Gasteiger partial charge in [0.1, 0.15) is 0 Å². The molecule has 0 N–H and O–H groups in total. The molecule has 0 unspecified atom stereocenters. The Morgan fingerprint density at radius 1 is 0.864 bits per heavy atom. The summed E-state index contributed by atoms with van der Waals surface area (Å²) in [5.41, 5.74) is 5.03. The summed E-state index contributed by atoms with van der Waals surface area (Å²) in [6, 6.07) is 19.4. The van der Waals surface area contributed by atoms with E-state index in [1.54, 1.807) is 0 Å². The molecule has 0 aliphatic carbocycles. The van der Waals surface area contributed by atoms with Crippen LogP contribution in [0.2, 0.25) is 0 Å². The summed E-state index contributed by atoms with van der Waals surface area (Å²) in [5, 5.41) is 1.24. The number of benzene rings is 2. The zero-order valence-electron chi connectivity index (χ0n) is 13.3. The normalized spacial score (nSPS) is 11.0. The fourth-order valence-electron chi connectivity index (χ4n) is 2.97. The lowest BCUT2D eigenvalue weighted by atomic mass is 9.99. The minimum atomic E-state index is 1.11. The Hall–Kier alpha value is -2.15. The summed E-state index contributed by atoms with van der Waals surface area (Å²) >= 11 is 0. The Morgan fingerprint density at radius 3 is 2.55 bits per heavy atom. The van der Waals surface area contributed by atoms with Crippen molar-refractivity contribution in [2.75, 3.05) is 0 Å². The van der Waals surface area contributed by atoms with Crippen LogP contribution in [0.1, 0.15) is 38.2 Å². The first-order chi connectivity index (χ1) is 10.9.